The third-order valence-electron chi connectivity index (χ3n) is 3.29. The Bertz CT molecular complexity index is 426. The van der Waals surface area contributed by atoms with E-state index < -0.39 is 27.1 Å². The van der Waals surface area contributed by atoms with Crippen LogP contribution in [0.5, 0.6) is 0 Å². The number of ether oxygens (including phenoxy) is 1. The second-order valence-corrected chi connectivity index (χ2v) is 8.15. The molecule has 0 unspecified atom stereocenters. The SMILES string of the molecule is C1CC[NH2+]C1.CC(C)(C)OC(=O)NC1CC(S(=O)(=O)[O-])C1. The Labute approximate surface area is 126 Å². The van der Waals surface area contributed by atoms with Gasteiger partial charge in [-0.3, -0.25) is 0 Å². The van der Waals surface area contributed by atoms with E-state index in [-0.39, 0.29) is 18.9 Å². The van der Waals surface area contributed by atoms with Gasteiger partial charge in [-0.25, -0.2) is 13.2 Å². The second-order valence-electron chi connectivity index (χ2n) is 6.50. The summed E-state index contributed by atoms with van der Waals surface area (Å²) < 4.78 is 36.7. The predicted molar refractivity (Wildman–Crippen MR) is 76.8 cm³/mol. The lowest BCUT2D eigenvalue weighted by Crippen LogP contribution is -2.80. The first-order valence-electron chi connectivity index (χ1n) is 7.34. The first-order chi connectivity index (χ1) is 9.58. The van der Waals surface area contributed by atoms with E-state index in [2.05, 4.69) is 10.6 Å². The van der Waals surface area contributed by atoms with Crippen molar-refractivity contribution < 1.29 is 27.8 Å². The summed E-state index contributed by atoms with van der Waals surface area (Å²) in [5.74, 6) is 0. The van der Waals surface area contributed by atoms with Crippen molar-refractivity contribution in [3.05, 3.63) is 0 Å². The molecule has 0 aromatic rings. The van der Waals surface area contributed by atoms with Gasteiger partial charge in [0.2, 0.25) is 0 Å². The van der Waals surface area contributed by atoms with Crippen molar-refractivity contribution in [3.63, 3.8) is 0 Å². The first-order valence-corrected chi connectivity index (χ1v) is 8.81. The molecule has 8 heteroatoms. The van der Waals surface area contributed by atoms with Crippen LogP contribution in [-0.2, 0) is 14.9 Å². The van der Waals surface area contributed by atoms with Crippen LogP contribution in [0.15, 0.2) is 0 Å². The number of hydrogen-bond donors (Lipinski definition) is 2. The van der Waals surface area contributed by atoms with Gasteiger partial charge in [0, 0.05) is 18.9 Å². The van der Waals surface area contributed by atoms with Crippen LogP contribution in [-0.4, -0.2) is 49.0 Å². The summed E-state index contributed by atoms with van der Waals surface area (Å²) in [5.41, 5.74) is -0.585. The molecule has 21 heavy (non-hydrogen) atoms. The molecule has 1 aliphatic carbocycles. The summed E-state index contributed by atoms with van der Waals surface area (Å²) >= 11 is 0. The molecular weight excluding hydrogens is 296 g/mol. The predicted octanol–water partition coefficient (Wildman–Crippen LogP) is -0.0691. The summed E-state index contributed by atoms with van der Waals surface area (Å²) in [6, 6.07) is -0.274. The number of hydrogen-bond acceptors (Lipinski definition) is 5. The Morgan fingerprint density at radius 3 is 2.10 bits per heavy atom. The van der Waals surface area contributed by atoms with Gasteiger partial charge in [0.1, 0.15) is 5.60 Å². The number of carbonyl (C=O) groups excluding carboxylic acids is 1. The molecule has 2 aliphatic rings. The van der Waals surface area contributed by atoms with Crippen LogP contribution in [0.3, 0.4) is 0 Å². The summed E-state index contributed by atoms with van der Waals surface area (Å²) in [7, 11) is -4.21. The van der Waals surface area contributed by atoms with Gasteiger partial charge in [-0.2, -0.15) is 0 Å². The van der Waals surface area contributed by atoms with Gasteiger partial charge < -0.3 is 19.9 Å². The van der Waals surface area contributed by atoms with Crippen LogP contribution in [0.2, 0.25) is 0 Å². The molecule has 0 radical (unpaired) electrons. The zero-order valence-corrected chi connectivity index (χ0v) is 13.7. The molecule has 0 aromatic heterocycles. The maximum Gasteiger partial charge on any atom is 0.407 e. The fourth-order valence-electron chi connectivity index (χ4n) is 2.12. The number of alkyl carbamates (subject to hydrolysis) is 1. The van der Waals surface area contributed by atoms with E-state index in [0.29, 0.717) is 0 Å². The largest absolute Gasteiger partial charge is 0.748 e. The minimum atomic E-state index is -4.21. The van der Waals surface area contributed by atoms with Crippen molar-refractivity contribution in [2.24, 2.45) is 0 Å². The van der Waals surface area contributed by atoms with E-state index in [1.54, 1.807) is 20.8 Å². The first kappa shape index (κ1) is 18.2. The average Bonchev–Trinajstić information content (AvgIpc) is 2.76. The van der Waals surface area contributed by atoms with Crippen LogP contribution in [0, 0.1) is 0 Å². The lowest BCUT2D eigenvalue weighted by molar-refractivity contribution is -0.635. The Hall–Kier alpha value is -0.860. The minimum absolute atomic E-state index is 0.172. The van der Waals surface area contributed by atoms with Gasteiger partial charge in [0.05, 0.1) is 28.5 Å². The monoisotopic (exact) mass is 322 g/mol. The quantitative estimate of drug-likeness (QED) is 0.691. The van der Waals surface area contributed by atoms with Crippen molar-refractivity contribution in [2.75, 3.05) is 13.1 Å². The van der Waals surface area contributed by atoms with Gasteiger partial charge in [-0.05, 0) is 33.6 Å². The highest BCUT2D eigenvalue weighted by Gasteiger charge is 2.35. The smallest absolute Gasteiger partial charge is 0.407 e. The minimum Gasteiger partial charge on any atom is -0.748 e. The number of nitrogens with one attached hydrogen (secondary N) is 1. The van der Waals surface area contributed by atoms with Crippen molar-refractivity contribution in [1.29, 1.82) is 0 Å². The molecule has 2 rings (SSSR count). The average molecular weight is 322 g/mol. The standard InChI is InChI=1S/C9H17NO5S.C4H9N/c1-9(2,3)15-8(11)10-6-4-7(5-6)16(12,13)14;1-2-4-5-3-1/h6-7H,4-5H2,1-3H3,(H,10,11)(H,12,13,14);5H,1-4H2. The molecule has 0 spiro atoms. The lowest BCUT2D eigenvalue weighted by atomic mass is 9.92. The zero-order valence-electron chi connectivity index (χ0n) is 12.9. The Kier molecular flexibility index (Phi) is 6.42. The number of nitrogens with two attached hydrogens (primary N) is 1. The fourth-order valence-corrected chi connectivity index (χ4v) is 3.05. The number of carbonyl (C=O) groups is 1. The molecule has 1 aliphatic heterocycles. The Morgan fingerprint density at radius 2 is 1.76 bits per heavy atom. The van der Waals surface area contributed by atoms with Crippen LogP contribution in [0.1, 0.15) is 46.5 Å². The molecule has 0 atom stereocenters. The van der Waals surface area contributed by atoms with Gasteiger partial charge in [0.15, 0.2) is 0 Å². The number of quaternary nitrogens is 1. The molecule has 1 heterocycles. The number of amides is 1. The van der Waals surface area contributed by atoms with Crippen molar-refractivity contribution >= 4 is 16.2 Å². The maximum atomic E-state index is 11.3. The highest BCUT2D eigenvalue weighted by Crippen LogP contribution is 2.26. The highest BCUT2D eigenvalue weighted by atomic mass is 32.2. The number of rotatable bonds is 2. The van der Waals surface area contributed by atoms with Crippen molar-refractivity contribution in [2.45, 2.75) is 63.3 Å². The van der Waals surface area contributed by atoms with E-state index in [4.69, 9.17) is 4.74 Å². The third kappa shape index (κ3) is 7.63. The molecule has 2 fully saturated rings. The molecule has 3 N–H and O–H groups in total. The molecule has 0 bridgehead atoms. The maximum absolute atomic E-state index is 11.3. The zero-order chi connectivity index (χ0) is 16.1. The molecule has 0 aromatic carbocycles. The van der Waals surface area contributed by atoms with E-state index in [9.17, 15) is 17.8 Å². The third-order valence-corrected chi connectivity index (χ3v) is 4.49. The van der Waals surface area contributed by atoms with Gasteiger partial charge >= 0.3 is 6.09 Å². The van der Waals surface area contributed by atoms with E-state index in [1.165, 1.54) is 25.9 Å². The van der Waals surface area contributed by atoms with Gasteiger partial charge in [-0.1, -0.05) is 0 Å². The van der Waals surface area contributed by atoms with Crippen LogP contribution < -0.4 is 10.6 Å². The summed E-state index contributed by atoms with van der Waals surface area (Å²) in [6.07, 6.45) is 2.65. The molecule has 124 valence electrons. The summed E-state index contributed by atoms with van der Waals surface area (Å²) in [6.45, 7) is 7.95. The van der Waals surface area contributed by atoms with E-state index in [1.807, 2.05) is 0 Å². The molecule has 1 saturated carbocycles. The highest BCUT2D eigenvalue weighted by molar-refractivity contribution is 7.86. The second kappa shape index (κ2) is 7.42. The summed E-state index contributed by atoms with van der Waals surface area (Å²) in [4.78, 5) is 11.3. The molecular formula is C13H26N2O5S. The van der Waals surface area contributed by atoms with Gasteiger partial charge in [-0.15, -0.1) is 0 Å². The lowest BCUT2D eigenvalue weighted by Gasteiger charge is -2.37. The Morgan fingerprint density at radius 1 is 1.24 bits per heavy atom. The van der Waals surface area contributed by atoms with Gasteiger partial charge in [0.25, 0.3) is 0 Å². The molecule has 1 amide bonds. The Balaban J connectivity index is 0.000000369. The fraction of sp³-hybridized carbons (Fsp3) is 0.923. The van der Waals surface area contributed by atoms with Crippen LogP contribution in [0.4, 0.5) is 4.79 Å². The molecule has 1 saturated heterocycles. The van der Waals surface area contributed by atoms with Crippen LogP contribution in [0.25, 0.3) is 0 Å². The normalized spacial score (nSPS) is 25.3. The van der Waals surface area contributed by atoms with Crippen LogP contribution >= 0.6 is 0 Å². The van der Waals surface area contributed by atoms with Crippen molar-refractivity contribution in [3.8, 4) is 0 Å². The van der Waals surface area contributed by atoms with E-state index >= 15 is 0 Å². The topological polar surface area (TPSA) is 112 Å². The molecule has 7 nitrogen and oxygen atoms in total. The van der Waals surface area contributed by atoms with Crippen molar-refractivity contribution in [1.82, 2.24) is 5.32 Å². The van der Waals surface area contributed by atoms with E-state index in [0.717, 1.165) is 0 Å². The summed E-state index contributed by atoms with van der Waals surface area (Å²) in [5, 5.41) is 4.00.